The average Bonchev–Trinajstić information content (AvgIpc) is 2.04. The SMILES string of the molecule is FB/C=C/c1c(Cl)cccc1Cl. The van der Waals surface area contributed by atoms with Gasteiger partial charge in [-0.15, -0.1) is 0 Å². The van der Waals surface area contributed by atoms with E-state index in [2.05, 4.69) is 0 Å². The summed E-state index contributed by atoms with van der Waals surface area (Å²) in [5.41, 5.74) is 0.665. The highest BCUT2D eigenvalue weighted by atomic mass is 35.5. The zero-order chi connectivity index (χ0) is 8.97. The average molecular weight is 203 g/mol. The first-order valence-electron chi connectivity index (χ1n) is 3.42. The van der Waals surface area contributed by atoms with E-state index in [0.29, 0.717) is 15.6 Å². The summed E-state index contributed by atoms with van der Waals surface area (Å²) in [6, 6.07) is 5.17. The maximum absolute atomic E-state index is 11.8. The van der Waals surface area contributed by atoms with E-state index in [1.807, 2.05) is 0 Å². The minimum absolute atomic E-state index is 0.512. The van der Waals surface area contributed by atoms with E-state index in [1.165, 1.54) is 5.98 Å². The first-order chi connectivity index (χ1) is 5.75. The molecule has 0 aliphatic carbocycles. The molecule has 0 saturated heterocycles. The third-order valence-corrected chi connectivity index (χ3v) is 2.03. The molecule has 0 aliphatic heterocycles. The standard InChI is InChI=1S/C8H6BCl2F/c10-7-2-1-3-8(11)6(7)4-5-9-12/h1-5,9H/b5-4+. The van der Waals surface area contributed by atoms with E-state index in [-0.39, 0.29) is 0 Å². The Morgan fingerprint density at radius 1 is 1.25 bits per heavy atom. The van der Waals surface area contributed by atoms with Gasteiger partial charge in [0.25, 0.3) is 0 Å². The molecule has 0 spiro atoms. The molecule has 0 aliphatic rings. The molecule has 0 bridgehead atoms. The van der Waals surface area contributed by atoms with Crippen LogP contribution >= 0.6 is 23.2 Å². The Labute approximate surface area is 81.3 Å². The molecule has 0 nitrogen and oxygen atoms in total. The van der Waals surface area contributed by atoms with Crippen LogP contribution in [0.5, 0.6) is 0 Å². The van der Waals surface area contributed by atoms with E-state index >= 15 is 0 Å². The summed E-state index contributed by atoms with van der Waals surface area (Å²) in [6.45, 7) is 0. The molecule has 0 aromatic heterocycles. The van der Waals surface area contributed by atoms with Gasteiger partial charge in [0.15, 0.2) is 0 Å². The first-order valence-corrected chi connectivity index (χ1v) is 4.18. The third kappa shape index (κ3) is 2.26. The summed E-state index contributed by atoms with van der Waals surface area (Å²) in [4.78, 5) is 0. The van der Waals surface area contributed by atoms with E-state index < -0.39 is 7.56 Å². The molecule has 1 aromatic carbocycles. The van der Waals surface area contributed by atoms with Crippen molar-refractivity contribution in [2.24, 2.45) is 0 Å². The maximum Gasteiger partial charge on any atom is 0.356 e. The minimum Gasteiger partial charge on any atom is -0.335 e. The smallest absolute Gasteiger partial charge is 0.335 e. The van der Waals surface area contributed by atoms with Crippen molar-refractivity contribution in [3.8, 4) is 0 Å². The van der Waals surface area contributed by atoms with Crippen LogP contribution in [0.15, 0.2) is 24.2 Å². The molecule has 0 heterocycles. The maximum atomic E-state index is 11.8. The minimum atomic E-state index is -0.512. The fourth-order valence-corrected chi connectivity index (χ4v) is 1.36. The Hall–Kier alpha value is -0.465. The molecule has 0 radical (unpaired) electrons. The molecule has 0 fully saturated rings. The molecule has 1 rings (SSSR count). The topological polar surface area (TPSA) is 0 Å². The molecule has 0 N–H and O–H groups in total. The van der Waals surface area contributed by atoms with Gasteiger partial charge >= 0.3 is 7.56 Å². The predicted octanol–water partition coefficient (Wildman–Crippen LogP) is 3.29. The number of hydrogen-bond acceptors (Lipinski definition) is 0. The van der Waals surface area contributed by atoms with Crippen LogP contribution in [-0.4, -0.2) is 7.56 Å². The summed E-state index contributed by atoms with van der Waals surface area (Å²) < 4.78 is 11.8. The van der Waals surface area contributed by atoms with Gasteiger partial charge in [0.1, 0.15) is 0 Å². The van der Waals surface area contributed by atoms with Crippen LogP contribution in [0.4, 0.5) is 4.32 Å². The van der Waals surface area contributed by atoms with Gasteiger partial charge in [-0.2, -0.15) is 0 Å². The van der Waals surface area contributed by atoms with Crippen LogP contribution in [0.1, 0.15) is 5.56 Å². The molecular formula is C8H6BCl2F. The van der Waals surface area contributed by atoms with Gasteiger partial charge in [-0.05, 0) is 12.1 Å². The van der Waals surface area contributed by atoms with Crippen molar-refractivity contribution in [3.63, 3.8) is 0 Å². The zero-order valence-electron chi connectivity index (χ0n) is 6.23. The van der Waals surface area contributed by atoms with Crippen molar-refractivity contribution in [1.29, 1.82) is 0 Å². The lowest BCUT2D eigenvalue weighted by molar-refractivity contribution is 0.884. The number of halogens is 3. The lowest BCUT2D eigenvalue weighted by atomic mass is 10.0. The highest BCUT2D eigenvalue weighted by Gasteiger charge is 1.99. The molecule has 0 saturated carbocycles. The van der Waals surface area contributed by atoms with Gasteiger partial charge in [-0.25, -0.2) is 0 Å². The Morgan fingerprint density at radius 2 is 1.83 bits per heavy atom. The molecule has 0 unspecified atom stereocenters. The monoisotopic (exact) mass is 202 g/mol. The lowest BCUT2D eigenvalue weighted by Crippen LogP contribution is -1.78. The Morgan fingerprint density at radius 3 is 2.33 bits per heavy atom. The molecule has 4 heteroatoms. The summed E-state index contributed by atoms with van der Waals surface area (Å²) >= 11 is 11.6. The first kappa shape index (κ1) is 9.62. The van der Waals surface area contributed by atoms with Crippen LogP contribution in [-0.2, 0) is 0 Å². The van der Waals surface area contributed by atoms with Crippen molar-refractivity contribution < 1.29 is 4.32 Å². The molecule has 62 valence electrons. The van der Waals surface area contributed by atoms with Gasteiger partial charge in [-0.1, -0.05) is 41.3 Å². The zero-order valence-corrected chi connectivity index (χ0v) is 7.74. The molecule has 0 amide bonds. The van der Waals surface area contributed by atoms with Crippen LogP contribution in [0.3, 0.4) is 0 Å². The number of benzene rings is 1. The van der Waals surface area contributed by atoms with Crippen molar-refractivity contribution in [2.45, 2.75) is 0 Å². The quantitative estimate of drug-likeness (QED) is 0.646. The fourth-order valence-electron chi connectivity index (χ4n) is 0.832. The largest absolute Gasteiger partial charge is 0.356 e. The molecule has 0 atom stereocenters. The Balaban J connectivity index is 3.04. The summed E-state index contributed by atoms with van der Waals surface area (Å²) in [5, 5.41) is 1.07. The predicted molar refractivity (Wildman–Crippen MR) is 53.8 cm³/mol. The highest BCUT2D eigenvalue weighted by molar-refractivity contribution is 6.39. The van der Waals surface area contributed by atoms with Crippen LogP contribution in [0, 0.1) is 0 Å². The van der Waals surface area contributed by atoms with Crippen molar-refractivity contribution >= 4 is 36.8 Å². The molecular weight excluding hydrogens is 197 g/mol. The Kier molecular flexibility index (Phi) is 3.64. The normalized spacial score (nSPS) is 10.6. The van der Waals surface area contributed by atoms with Gasteiger partial charge in [0.2, 0.25) is 0 Å². The van der Waals surface area contributed by atoms with Crippen LogP contribution in [0.2, 0.25) is 10.0 Å². The molecule has 12 heavy (non-hydrogen) atoms. The van der Waals surface area contributed by atoms with E-state index in [4.69, 9.17) is 23.2 Å². The summed E-state index contributed by atoms with van der Waals surface area (Å²) in [5.74, 6) is 1.37. The number of hydrogen-bond donors (Lipinski definition) is 0. The second kappa shape index (κ2) is 4.53. The summed E-state index contributed by atoms with van der Waals surface area (Å²) in [6.07, 6.45) is 1.57. The van der Waals surface area contributed by atoms with Gasteiger partial charge in [0.05, 0.1) is 0 Å². The van der Waals surface area contributed by atoms with E-state index in [9.17, 15) is 4.32 Å². The van der Waals surface area contributed by atoms with Crippen molar-refractivity contribution in [2.75, 3.05) is 0 Å². The van der Waals surface area contributed by atoms with Gasteiger partial charge < -0.3 is 4.32 Å². The lowest BCUT2D eigenvalue weighted by Gasteiger charge is -1.99. The van der Waals surface area contributed by atoms with Gasteiger partial charge in [0, 0.05) is 15.6 Å². The van der Waals surface area contributed by atoms with E-state index in [1.54, 1.807) is 24.3 Å². The van der Waals surface area contributed by atoms with Gasteiger partial charge in [-0.3, -0.25) is 0 Å². The fraction of sp³-hybridized carbons (Fsp3) is 0. The van der Waals surface area contributed by atoms with Crippen LogP contribution in [0.25, 0.3) is 6.08 Å². The number of rotatable bonds is 2. The van der Waals surface area contributed by atoms with Crippen molar-refractivity contribution in [1.82, 2.24) is 0 Å². The third-order valence-electron chi connectivity index (χ3n) is 1.37. The van der Waals surface area contributed by atoms with Crippen molar-refractivity contribution in [3.05, 3.63) is 39.8 Å². The summed E-state index contributed by atoms with van der Waals surface area (Å²) in [7, 11) is -0.512. The molecule has 1 aromatic rings. The second-order valence-electron chi connectivity index (χ2n) is 2.19. The van der Waals surface area contributed by atoms with E-state index in [0.717, 1.165) is 0 Å². The Bertz CT molecular complexity index is 279. The highest BCUT2D eigenvalue weighted by Crippen LogP contribution is 2.25. The van der Waals surface area contributed by atoms with Crippen LogP contribution < -0.4 is 0 Å². The second-order valence-corrected chi connectivity index (χ2v) is 3.01.